The molecule has 0 radical (unpaired) electrons. The van der Waals surface area contributed by atoms with Crippen molar-refractivity contribution in [1.82, 2.24) is 19.6 Å². The number of nitrogens with zero attached hydrogens (tertiary/aromatic N) is 5. The lowest BCUT2D eigenvalue weighted by atomic mass is 10.2. The van der Waals surface area contributed by atoms with E-state index in [4.69, 9.17) is 18.6 Å². The van der Waals surface area contributed by atoms with Gasteiger partial charge in [0.2, 0.25) is 4.96 Å². The Balaban J connectivity index is 1.33. The van der Waals surface area contributed by atoms with Crippen molar-refractivity contribution in [3.8, 4) is 23.0 Å². The number of rotatable bonds is 6. The molecule has 37 heavy (non-hydrogen) atoms. The van der Waals surface area contributed by atoms with Crippen LogP contribution in [0.1, 0.15) is 15.6 Å². The van der Waals surface area contributed by atoms with Crippen molar-refractivity contribution in [2.45, 2.75) is 19.7 Å². The van der Waals surface area contributed by atoms with Crippen LogP contribution in [-0.2, 0) is 17.5 Å². The van der Waals surface area contributed by atoms with Crippen molar-refractivity contribution < 1.29 is 31.8 Å². The molecular weight excluding hydrogens is 531 g/mol. The Morgan fingerprint density at radius 1 is 1.11 bits per heavy atom. The van der Waals surface area contributed by atoms with Crippen LogP contribution >= 0.6 is 22.7 Å². The second kappa shape index (κ2) is 9.19. The summed E-state index contributed by atoms with van der Waals surface area (Å²) < 4.78 is 65.7. The maximum absolute atomic E-state index is 13.8. The van der Waals surface area contributed by atoms with Crippen LogP contribution in [0.3, 0.4) is 0 Å². The Bertz CT molecular complexity index is 1550. The largest absolute Gasteiger partial charge is 0.496 e. The molecule has 0 saturated carbocycles. The molecule has 0 N–H and O–H groups in total. The fourth-order valence-electron chi connectivity index (χ4n) is 4.06. The van der Waals surface area contributed by atoms with Gasteiger partial charge >= 0.3 is 6.18 Å². The molecule has 6 rings (SSSR count). The molecule has 14 heteroatoms. The van der Waals surface area contributed by atoms with Crippen molar-refractivity contribution >= 4 is 43.7 Å². The number of ether oxygens (including phenoxy) is 3. The number of morpholine rings is 1. The SMILES string of the molecule is COc1cc(OCc2nc(N3CCOCC3)sc2C(F)(F)F)c2cc(-c3cn4nc(C)sc4n3)oc2c1. The highest BCUT2D eigenvalue weighted by molar-refractivity contribution is 7.16. The first-order valence-electron chi connectivity index (χ1n) is 11.3. The molecule has 1 aliphatic rings. The molecule has 1 aromatic carbocycles. The van der Waals surface area contributed by atoms with Crippen LogP contribution in [-0.4, -0.2) is 53.0 Å². The smallest absolute Gasteiger partial charge is 0.427 e. The minimum Gasteiger partial charge on any atom is -0.496 e. The minimum atomic E-state index is -4.55. The normalized spacial score (nSPS) is 14.7. The summed E-state index contributed by atoms with van der Waals surface area (Å²) in [4.78, 5) is 10.6. The predicted molar refractivity (Wildman–Crippen MR) is 132 cm³/mol. The number of thiazole rings is 1. The van der Waals surface area contributed by atoms with Crippen molar-refractivity contribution in [3.63, 3.8) is 0 Å². The summed E-state index contributed by atoms with van der Waals surface area (Å²) in [7, 11) is 1.49. The highest BCUT2D eigenvalue weighted by atomic mass is 32.1. The van der Waals surface area contributed by atoms with Crippen LogP contribution in [0.5, 0.6) is 11.5 Å². The number of alkyl halides is 3. The average molecular weight is 552 g/mol. The zero-order valence-corrected chi connectivity index (χ0v) is 21.3. The van der Waals surface area contributed by atoms with E-state index in [0.29, 0.717) is 76.7 Å². The molecule has 0 atom stereocenters. The maximum atomic E-state index is 13.8. The molecular formula is C23H20F3N5O4S2. The lowest BCUT2D eigenvalue weighted by molar-refractivity contribution is -0.135. The number of furan rings is 1. The number of imidazole rings is 1. The highest BCUT2D eigenvalue weighted by Gasteiger charge is 2.38. The summed E-state index contributed by atoms with van der Waals surface area (Å²) in [6.45, 7) is 3.39. The topological polar surface area (TPSA) is 87.2 Å². The molecule has 5 aromatic rings. The Morgan fingerprint density at radius 2 is 1.92 bits per heavy atom. The van der Waals surface area contributed by atoms with E-state index in [0.717, 1.165) is 9.97 Å². The molecule has 0 bridgehead atoms. The first-order valence-corrected chi connectivity index (χ1v) is 12.9. The number of benzene rings is 1. The van der Waals surface area contributed by atoms with Gasteiger partial charge in [-0.2, -0.15) is 18.3 Å². The minimum absolute atomic E-state index is 0.172. The average Bonchev–Trinajstić information content (AvgIpc) is 3.63. The number of methoxy groups -OCH3 is 1. The van der Waals surface area contributed by atoms with E-state index in [-0.39, 0.29) is 12.3 Å². The molecule has 5 heterocycles. The van der Waals surface area contributed by atoms with Crippen LogP contribution in [0.2, 0.25) is 0 Å². The number of fused-ring (bicyclic) bond motifs is 2. The Kier molecular flexibility index (Phi) is 5.96. The zero-order chi connectivity index (χ0) is 25.7. The van der Waals surface area contributed by atoms with Gasteiger partial charge in [0.1, 0.15) is 45.0 Å². The molecule has 9 nitrogen and oxygen atoms in total. The van der Waals surface area contributed by atoms with E-state index in [2.05, 4.69) is 15.1 Å². The molecule has 4 aromatic heterocycles. The number of aromatic nitrogens is 4. The lowest BCUT2D eigenvalue weighted by Crippen LogP contribution is -2.36. The molecule has 194 valence electrons. The van der Waals surface area contributed by atoms with Gasteiger partial charge in [-0.15, -0.1) is 0 Å². The highest BCUT2D eigenvalue weighted by Crippen LogP contribution is 2.41. The summed E-state index contributed by atoms with van der Waals surface area (Å²) in [5, 5.41) is 6.13. The number of anilines is 1. The van der Waals surface area contributed by atoms with Crippen molar-refractivity contribution in [3.05, 3.63) is 40.0 Å². The van der Waals surface area contributed by atoms with Gasteiger partial charge in [-0.25, -0.2) is 14.5 Å². The number of hydrogen-bond donors (Lipinski definition) is 0. The standard InChI is InChI=1S/C23H20F3N5O4S2/c1-12-29-31-10-15(27-22(31)36-12)19-9-14-17(7-13(32-2)8-18(14)35-19)34-11-16-20(23(24,25)26)37-21(28-16)30-3-5-33-6-4-30/h7-10H,3-6,11H2,1-2H3. The second-order valence-corrected chi connectivity index (χ2v) is 10.4. The summed E-state index contributed by atoms with van der Waals surface area (Å²) in [5.74, 6) is 1.23. The molecule has 0 unspecified atom stereocenters. The van der Waals surface area contributed by atoms with Crippen molar-refractivity contribution in [1.29, 1.82) is 0 Å². The fourth-order valence-corrected chi connectivity index (χ4v) is 5.77. The van der Waals surface area contributed by atoms with E-state index < -0.39 is 11.1 Å². The fraction of sp³-hybridized carbons (Fsp3) is 0.348. The van der Waals surface area contributed by atoms with E-state index in [1.54, 1.807) is 33.8 Å². The van der Waals surface area contributed by atoms with Crippen LogP contribution in [0.25, 0.3) is 27.4 Å². The molecule has 0 spiro atoms. The Hall–Kier alpha value is -3.36. The van der Waals surface area contributed by atoms with E-state index in [1.807, 2.05) is 6.92 Å². The van der Waals surface area contributed by atoms with Gasteiger partial charge in [0.15, 0.2) is 10.9 Å². The van der Waals surface area contributed by atoms with Gasteiger partial charge in [-0.3, -0.25) is 0 Å². The first kappa shape index (κ1) is 24.0. The van der Waals surface area contributed by atoms with Crippen molar-refractivity contribution in [2.75, 3.05) is 38.3 Å². The summed E-state index contributed by atoms with van der Waals surface area (Å²) in [6, 6.07) is 5.04. The van der Waals surface area contributed by atoms with E-state index in [1.165, 1.54) is 18.4 Å². The maximum Gasteiger partial charge on any atom is 0.427 e. The Labute approximate surface area is 216 Å². The van der Waals surface area contributed by atoms with Gasteiger partial charge in [-0.1, -0.05) is 22.7 Å². The third-order valence-electron chi connectivity index (χ3n) is 5.79. The quantitative estimate of drug-likeness (QED) is 0.277. The van der Waals surface area contributed by atoms with E-state index in [9.17, 15) is 13.2 Å². The molecule has 1 aliphatic heterocycles. The predicted octanol–water partition coefficient (Wildman–Crippen LogP) is 5.41. The number of aryl methyl sites for hydroxylation is 1. The molecule has 0 amide bonds. The second-order valence-electron chi connectivity index (χ2n) is 8.28. The van der Waals surface area contributed by atoms with Crippen molar-refractivity contribution in [2.24, 2.45) is 0 Å². The summed E-state index contributed by atoms with van der Waals surface area (Å²) >= 11 is 2.07. The molecule has 0 aliphatic carbocycles. The Morgan fingerprint density at radius 3 is 2.65 bits per heavy atom. The zero-order valence-electron chi connectivity index (χ0n) is 19.7. The molecule has 1 saturated heterocycles. The lowest BCUT2D eigenvalue weighted by Gasteiger charge is -2.26. The summed E-state index contributed by atoms with van der Waals surface area (Å²) in [6.07, 6.45) is -2.79. The van der Waals surface area contributed by atoms with Gasteiger partial charge in [0.05, 0.1) is 31.9 Å². The van der Waals surface area contributed by atoms with Crippen LogP contribution in [0.4, 0.5) is 18.3 Å². The van der Waals surface area contributed by atoms with Crippen LogP contribution in [0.15, 0.2) is 28.8 Å². The molecule has 1 fully saturated rings. The number of hydrogen-bond acceptors (Lipinski definition) is 10. The van der Waals surface area contributed by atoms with Gasteiger partial charge < -0.3 is 23.5 Å². The number of halogens is 3. The van der Waals surface area contributed by atoms with Gasteiger partial charge in [-0.05, 0) is 13.0 Å². The third kappa shape index (κ3) is 4.60. The van der Waals surface area contributed by atoms with Crippen LogP contribution in [0, 0.1) is 6.92 Å². The van der Waals surface area contributed by atoms with Gasteiger partial charge in [0, 0.05) is 25.2 Å². The van der Waals surface area contributed by atoms with Crippen LogP contribution < -0.4 is 14.4 Å². The third-order valence-corrected chi connectivity index (χ3v) is 7.84. The first-order chi connectivity index (χ1) is 17.8. The summed E-state index contributed by atoms with van der Waals surface area (Å²) in [5.41, 5.74) is 0.858. The monoisotopic (exact) mass is 551 g/mol. The van der Waals surface area contributed by atoms with Gasteiger partial charge in [0.25, 0.3) is 0 Å². The van der Waals surface area contributed by atoms with E-state index >= 15 is 0 Å².